The number of nitrogens with one attached hydrogen (secondary N) is 1. The zero-order chi connectivity index (χ0) is 21.8. The Balaban J connectivity index is 1.50. The highest BCUT2D eigenvalue weighted by atomic mass is 19.1. The van der Waals surface area contributed by atoms with Crippen LogP contribution in [0.3, 0.4) is 0 Å². The molecule has 0 aliphatic carbocycles. The van der Waals surface area contributed by atoms with Gasteiger partial charge in [-0.25, -0.2) is 9.18 Å². The van der Waals surface area contributed by atoms with Crippen LogP contribution in [0.25, 0.3) is 0 Å². The van der Waals surface area contributed by atoms with Crippen LogP contribution in [0, 0.1) is 11.7 Å². The molecule has 31 heavy (non-hydrogen) atoms. The molecule has 164 valence electrons. The van der Waals surface area contributed by atoms with Crippen molar-refractivity contribution in [3.63, 3.8) is 0 Å². The Labute approximate surface area is 181 Å². The number of hydrogen-bond acceptors (Lipinski definition) is 4. The van der Waals surface area contributed by atoms with Crippen LogP contribution in [0.2, 0.25) is 0 Å². The van der Waals surface area contributed by atoms with E-state index in [1.165, 1.54) is 37.1 Å². The van der Waals surface area contributed by atoms with Crippen LogP contribution in [0.1, 0.15) is 46.4 Å². The molecule has 4 rings (SSSR count). The van der Waals surface area contributed by atoms with Gasteiger partial charge in [-0.05, 0) is 75.0 Å². The summed E-state index contributed by atoms with van der Waals surface area (Å²) in [7, 11) is 0. The van der Waals surface area contributed by atoms with Crippen molar-refractivity contribution >= 4 is 23.3 Å². The van der Waals surface area contributed by atoms with Gasteiger partial charge in [0.25, 0.3) is 5.91 Å². The molecule has 0 aromatic heterocycles. The lowest BCUT2D eigenvalue weighted by molar-refractivity contribution is 0.0697. The number of amides is 1. The van der Waals surface area contributed by atoms with Gasteiger partial charge in [-0.2, -0.15) is 0 Å². The number of carboxylic acids is 1. The lowest BCUT2D eigenvalue weighted by atomic mass is 9.96. The zero-order valence-electron chi connectivity index (χ0n) is 17.5. The summed E-state index contributed by atoms with van der Waals surface area (Å²) in [5, 5.41) is 12.4. The molecule has 2 saturated heterocycles. The van der Waals surface area contributed by atoms with Gasteiger partial charge in [0, 0.05) is 25.3 Å². The molecule has 2 N–H and O–H groups in total. The quantitative estimate of drug-likeness (QED) is 0.729. The molecule has 0 saturated carbocycles. The van der Waals surface area contributed by atoms with E-state index in [1.54, 1.807) is 18.2 Å². The van der Waals surface area contributed by atoms with E-state index in [1.807, 2.05) is 0 Å². The van der Waals surface area contributed by atoms with Crippen LogP contribution >= 0.6 is 0 Å². The van der Waals surface area contributed by atoms with Gasteiger partial charge in [-0.3, -0.25) is 4.79 Å². The average Bonchev–Trinajstić information content (AvgIpc) is 3.27. The predicted molar refractivity (Wildman–Crippen MR) is 118 cm³/mol. The Bertz CT molecular complexity index is 959. The monoisotopic (exact) mass is 425 g/mol. The van der Waals surface area contributed by atoms with Crippen LogP contribution in [0.4, 0.5) is 15.8 Å². The fourth-order valence-corrected chi connectivity index (χ4v) is 4.67. The zero-order valence-corrected chi connectivity index (χ0v) is 17.5. The number of halogens is 1. The Morgan fingerprint density at radius 2 is 1.81 bits per heavy atom. The van der Waals surface area contributed by atoms with Gasteiger partial charge >= 0.3 is 5.97 Å². The average molecular weight is 426 g/mol. The van der Waals surface area contributed by atoms with Crippen molar-refractivity contribution in [3.05, 3.63) is 59.4 Å². The third kappa shape index (κ3) is 5.05. The van der Waals surface area contributed by atoms with Crippen LogP contribution < -0.4 is 10.2 Å². The largest absolute Gasteiger partial charge is 0.478 e. The highest BCUT2D eigenvalue weighted by molar-refractivity contribution is 6.05. The molecule has 2 fully saturated rings. The van der Waals surface area contributed by atoms with Crippen molar-refractivity contribution in [3.8, 4) is 0 Å². The van der Waals surface area contributed by atoms with Gasteiger partial charge in [0.15, 0.2) is 0 Å². The molecule has 2 heterocycles. The maximum absolute atomic E-state index is 13.9. The minimum Gasteiger partial charge on any atom is -0.478 e. The summed E-state index contributed by atoms with van der Waals surface area (Å²) in [5.41, 5.74) is 1.07. The third-order valence-electron chi connectivity index (χ3n) is 6.18. The SMILES string of the molecule is O=C(Nc1ccc(N2CCC[C@@H](CN3CCCC3)C2)c(C(=O)O)c1)c1ccccc1F. The molecule has 0 spiro atoms. The minimum absolute atomic E-state index is 0.0794. The number of anilines is 2. The first-order valence-corrected chi connectivity index (χ1v) is 10.9. The minimum atomic E-state index is -1.04. The molecule has 2 aliphatic heterocycles. The number of carbonyl (C=O) groups is 2. The number of nitrogens with zero attached hydrogens (tertiary/aromatic N) is 2. The molecule has 7 heteroatoms. The van der Waals surface area contributed by atoms with Gasteiger partial charge in [-0.1, -0.05) is 12.1 Å². The highest BCUT2D eigenvalue weighted by Gasteiger charge is 2.26. The van der Waals surface area contributed by atoms with E-state index in [9.17, 15) is 19.1 Å². The van der Waals surface area contributed by atoms with Crippen LogP contribution in [0.15, 0.2) is 42.5 Å². The predicted octanol–water partition coefficient (Wildman–Crippen LogP) is 4.09. The first-order chi connectivity index (χ1) is 15.0. The Morgan fingerprint density at radius 1 is 1.03 bits per heavy atom. The summed E-state index contributed by atoms with van der Waals surface area (Å²) in [6, 6.07) is 10.6. The third-order valence-corrected chi connectivity index (χ3v) is 6.18. The summed E-state index contributed by atoms with van der Waals surface area (Å²) >= 11 is 0. The lowest BCUT2D eigenvalue weighted by Gasteiger charge is -2.36. The van der Waals surface area contributed by atoms with Crippen molar-refractivity contribution in [2.45, 2.75) is 25.7 Å². The fraction of sp³-hybridized carbons (Fsp3) is 0.417. The van der Waals surface area contributed by atoms with E-state index in [-0.39, 0.29) is 11.1 Å². The van der Waals surface area contributed by atoms with Crippen molar-refractivity contribution in [2.24, 2.45) is 5.92 Å². The maximum atomic E-state index is 13.9. The first kappa shape index (κ1) is 21.3. The number of rotatable bonds is 6. The molecule has 2 aromatic rings. The smallest absolute Gasteiger partial charge is 0.337 e. The molecule has 2 aromatic carbocycles. The van der Waals surface area contributed by atoms with E-state index in [0.717, 1.165) is 45.6 Å². The van der Waals surface area contributed by atoms with Crippen molar-refractivity contribution < 1.29 is 19.1 Å². The van der Waals surface area contributed by atoms with Gasteiger partial charge < -0.3 is 20.2 Å². The Morgan fingerprint density at radius 3 is 2.55 bits per heavy atom. The number of hydrogen-bond donors (Lipinski definition) is 2. The number of likely N-dealkylation sites (tertiary alicyclic amines) is 1. The second kappa shape index (κ2) is 9.47. The molecular formula is C24H28FN3O3. The summed E-state index contributed by atoms with van der Waals surface area (Å²) in [6.45, 7) is 5.03. The van der Waals surface area contributed by atoms with Gasteiger partial charge in [0.05, 0.1) is 16.8 Å². The number of carboxylic acid groups (broad SMARTS) is 1. The van der Waals surface area contributed by atoms with E-state index >= 15 is 0 Å². The molecule has 0 unspecified atom stereocenters. The number of piperidine rings is 1. The Kier molecular flexibility index (Phi) is 6.51. The van der Waals surface area contributed by atoms with Crippen LogP contribution in [0.5, 0.6) is 0 Å². The van der Waals surface area contributed by atoms with Crippen molar-refractivity contribution in [1.82, 2.24) is 4.90 Å². The van der Waals surface area contributed by atoms with E-state index in [4.69, 9.17) is 0 Å². The second-order valence-corrected chi connectivity index (χ2v) is 8.43. The molecule has 1 amide bonds. The normalized spacial score (nSPS) is 19.4. The highest BCUT2D eigenvalue weighted by Crippen LogP contribution is 2.30. The second-order valence-electron chi connectivity index (χ2n) is 8.43. The molecule has 0 radical (unpaired) electrons. The van der Waals surface area contributed by atoms with Gasteiger partial charge in [-0.15, -0.1) is 0 Å². The number of carbonyl (C=O) groups excluding carboxylic acids is 1. The molecule has 2 aliphatic rings. The summed E-state index contributed by atoms with van der Waals surface area (Å²) in [6.07, 6.45) is 4.72. The maximum Gasteiger partial charge on any atom is 0.337 e. The van der Waals surface area contributed by atoms with E-state index < -0.39 is 17.7 Å². The standard InChI is InChI=1S/C24H28FN3O3/c25-21-8-2-1-7-19(21)23(29)26-18-9-10-22(20(14-18)24(30)31)28-13-5-6-17(16-28)15-27-11-3-4-12-27/h1-2,7-10,14,17H,3-6,11-13,15-16H2,(H,26,29)(H,30,31)/t17-/m0/s1. The summed E-state index contributed by atoms with van der Waals surface area (Å²) < 4.78 is 13.9. The topological polar surface area (TPSA) is 72.9 Å². The van der Waals surface area contributed by atoms with E-state index in [2.05, 4.69) is 15.1 Å². The molecule has 0 bridgehead atoms. The van der Waals surface area contributed by atoms with Crippen molar-refractivity contribution in [1.29, 1.82) is 0 Å². The number of benzene rings is 2. The molecule has 6 nitrogen and oxygen atoms in total. The van der Waals surface area contributed by atoms with Crippen LogP contribution in [-0.4, -0.2) is 54.6 Å². The van der Waals surface area contributed by atoms with Gasteiger partial charge in [0.2, 0.25) is 0 Å². The van der Waals surface area contributed by atoms with E-state index in [0.29, 0.717) is 17.3 Å². The molecule has 1 atom stereocenters. The van der Waals surface area contributed by atoms with Crippen molar-refractivity contribution in [2.75, 3.05) is 42.9 Å². The first-order valence-electron chi connectivity index (χ1n) is 10.9. The lowest BCUT2D eigenvalue weighted by Crippen LogP contribution is -2.41. The summed E-state index contributed by atoms with van der Waals surface area (Å²) in [5.74, 6) is -1.74. The van der Waals surface area contributed by atoms with Gasteiger partial charge in [0.1, 0.15) is 5.82 Å². The fourth-order valence-electron chi connectivity index (χ4n) is 4.67. The summed E-state index contributed by atoms with van der Waals surface area (Å²) in [4.78, 5) is 29.0. The molecular weight excluding hydrogens is 397 g/mol. The number of aromatic carboxylic acids is 1. The Hall–Kier alpha value is -2.93. The van der Waals surface area contributed by atoms with Crippen LogP contribution in [-0.2, 0) is 0 Å².